The van der Waals surface area contributed by atoms with Crippen molar-refractivity contribution < 1.29 is 0 Å². The lowest BCUT2D eigenvalue weighted by Crippen LogP contribution is -2.16. The van der Waals surface area contributed by atoms with Crippen LogP contribution < -0.4 is 4.84 Å². The van der Waals surface area contributed by atoms with Gasteiger partial charge in [-0.05, 0) is 12.1 Å². The van der Waals surface area contributed by atoms with E-state index < -0.39 is 8.07 Å². The van der Waals surface area contributed by atoms with Crippen molar-refractivity contribution in [2.24, 2.45) is 0 Å². The molecule has 0 saturated heterocycles. The van der Waals surface area contributed by atoms with Crippen LogP contribution in [0.15, 0.2) is 18.3 Å². The van der Waals surface area contributed by atoms with Gasteiger partial charge < -0.3 is 0 Å². The first-order chi connectivity index (χ1) is 6.53. The van der Waals surface area contributed by atoms with Crippen molar-refractivity contribution in [3.63, 3.8) is 0 Å². The maximum absolute atomic E-state index is 5.51. The van der Waals surface area contributed by atoms with E-state index in [-0.39, 0.29) is 0 Å². The lowest BCUT2D eigenvalue weighted by atomic mass is 10.3. The van der Waals surface area contributed by atoms with E-state index in [1.807, 2.05) is 12.1 Å². The Labute approximate surface area is 90.8 Å². The third-order valence-electron chi connectivity index (χ3n) is 1.47. The second kappa shape index (κ2) is 4.49. The Balaban J connectivity index is 3.00. The quantitative estimate of drug-likeness (QED) is 0.451. The van der Waals surface area contributed by atoms with Crippen LogP contribution in [-0.4, -0.2) is 13.1 Å². The minimum Gasteiger partial charge on any atom is -0.282 e. The van der Waals surface area contributed by atoms with Crippen LogP contribution in [0.25, 0.3) is 0 Å². The van der Waals surface area contributed by atoms with Crippen LogP contribution in [-0.2, 0) is 0 Å². The molecule has 1 aromatic heterocycles. The summed E-state index contributed by atoms with van der Waals surface area (Å²) in [5.74, 6) is 3.73. The van der Waals surface area contributed by atoms with Crippen molar-refractivity contribution in [3.8, 4) is 11.5 Å². The Morgan fingerprint density at radius 3 is 2.71 bits per heavy atom. The molecule has 0 atom stereocenters. The van der Waals surface area contributed by atoms with Gasteiger partial charge in [-0.15, -0.1) is 5.54 Å². The Morgan fingerprint density at radius 2 is 2.14 bits per heavy atom. The van der Waals surface area contributed by atoms with E-state index in [1.54, 1.807) is 6.20 Å². The molecule has 0 radical (unpaired) electrons. The molecule has 0 aromatic carbocycles. The van der Waals surface area contributed by atoms with E-state index in [1.165, 1.54) is 0 Å². The molecule has 0 aliphatic carbocycles. The average Bonchev–Trinajstić information content (AvgIpc) is 2.14. The van der Waals surface area contributed by atoms with Crippen LogP contribution in [0, 0.1) is 11.5 Å². The summed E-state index contributed by atoms with van der Waals surface area (Å²) in [7, 11) is -1.34. The molecule has 2 nitrogen and oxygen atoms in total. The van der Waals surface area contributed by atoms with Crippen LogP contribution in [0.4, 0.5) is 5.82 Å². The highest BCUT2D eigenvalue weighted by atomic mass is 35.5. The van der Waals surface area contributed by atoms with Crippen LogP contribution in [0.2, 0.25) is 19.6 Å². The largest absolute Gasteiger partial charge is 0.282 e. The first kappa shape index (κ1) is 11.1. The first-order valence-electron chi connectivity index (χ1n) is 4.38. The molecular weight excluding hydrogens is 212 g/mol. The molecule has 0 fully saturated rings. The third kappa shape index (κ3) is 3.41. The van der Waals surface area contributed by atoms with Gasteiger partial charge in [-0.1, -0.05) is 25.6 Å². The molecule has 1 N–H and O–H groups in total. The number of hydrogen-bond acceptors (Lipinski definition) is 2. The summed E-state index contributed by atoms with van der Waals surface area (Å²) in [6, 6.07) is 3.76. The standard InChI is InChI=1S/C10H13ClN2Si/c1-14(2,3)8-6-9-5-4-7-12-10(9)13-11/h4-5,7H,1-3H3,(H,12,13). The fourth-order valence-electron chi connectivity index (χ4n) is 0.836. The normalized spacial score (nSPS) is 10.3. The van der Waals surface area contributed by atoms with Crippen LogP contribution in [0.3, 0.4) is 0 Å². The van der Waals surface area contributed by atoms with Gasteiger partial charge in [0.25, 0.3) is 0 Å². The molecule has 0 saturated carbocycles. The number of aromatic nitrogens is 1. The van der Waals surface area contributed by atoms with Gasteiger partial charge in [0.15, 0.2) is 5.82 Å². The molecule has 0 aliphatic rings. The number of nitrogens with one attached hydrogen (secondary N) is 1. The van der Waals surface area contributed by atoms with Gasteiger partial charge in [0.1, 0.15) is 8.07 Å². The lowest BCUT2D eigenvalue weighted by Gasteiger charge is -2.04. The topological polar surface area (TPSA) is 24.9 Å². The Hall–Kier alpha value is -0.983. The van der Waals surface area contributed by atoms with Gasteiger partial charge in [-0.3, -0.25) is 4.84 Å². The fourth-order valence-corrected chi connectivity index (χ4v) is 1.50. The molecule has 74 valence electrons. The summed E-state index contributed by atoms with van der Waals surface area (Å²) in [5.41, 5.74) is 4.11. The molecule has 4 heteroatoms. The summed E-state index contributed by atoms with van der Waals surface area (Å²) in [6.45, 7) is 6.60. The van der Waals surface area contributed by atoms with Crippen molar-refractivity contribution in [2.75, 3.05) is 4.84 Å². The number of halogens is 1. The van der Waals surface area contributed by atoms with Crippen molar-refractivity contribution in [2.45, 2.75) is 19.6 Å². The molecule has 14 heavy (non-hydrogen) atoms. The van der Waals surface area contributed by atoms with Crippen molar-refractivity contribution in [1.82, 2.24) is 4.98 Å². The number of anilines is 1. The molecule has 1 heterocycles. The second-order valence-electron chi connectivity index (χ2n) is 3.99. The minimum absolute atomic E-state index is 0.625. The molecule has 1 rings (SSSR count). The van der Waals surface area contributed by atoms with Gasteiger partial charge in [0.05, 0.1) is 5.56 Å². The van der Waals surface area contributed by atoms with Crippen LogP contribution in [0.1, 0.15) is 5.56 Å². The van der Waals surface area contributed by atoms with E-state index in [0.29, 0.717) is 5.82 Å². The highest BCUT2D eigenvalue weighted by Crippen LogP contribution is 2.10. The van der Waals surface area contributed by atoms with Gasteiger partial charge in [0, 0.05) is 18.0 Å². The number of pyridine rings is 1. The Kier molecular flexibility index (Phi) is 3.56. The highest BCUT2D eigenvalue weighted by Gasteiger charge is 2.08. The van der Waals surface area contributed by atoms with E-state index in [4.69, 9.17) is 11.8 Å². The van der Waals surface area contributed by atoms with Crippen LogP contribution in [0.5, 0.6) is 0 Å². The SMILES string of the molecule is C[Si](C)(C)C#Cc1cccnc1NCl. The van der Waals surface area contributed by atoms with E-state index in [9.17, 15) is 0 Å². The molecule has 1 aromatic rings. The number of rotatable bonds is 1. The van der Waals surface area contributed by atoms with Gasteiger partial charge in [0.2, 0.25) is 0 Å². The van der Waals surface area contributed by atoms with Crippen LogP contribution >= 0.6 is 11.8 Å². The number of hydrogen-bond donors (Lipinski definition) is 1. The van der Waals surface area contributed by atoms with Crippen molar-refractivity contribution in [1.29, 1.82) is 0 Å². The molecule has 0 spiro atoms. The second-order valence-corrected chi connectivity index (χ2v) is 8.93. The molecular formula is C10H13ClN2Si. The first-order valence-corrected chi connectivity index (χ1v) is 8.25. The molecule has 0 unspecified atom stereocenters. The molecule has 0 bridgehead atoms. The van der Waals surface area contributed by atoms with E-state index >= 15 is 0 Å². The smallest absolute Gasteiger partial charge is 0.156 e. The summed E-state index contributed by atoms with van der Waals surface area (Å²) in [6.07, 6.45) is 1.68. The summed E-state index contributed by atoms with van der Waals surface area (Å²) < 4.78 is 0. The minimum atomic E-state index is -1.34. The molecule has 0 amide bonds. The maximum Gasteiger partial charge on any atom is 0.156 e. The summed E-state index contributed by atoms with van der Waals surface area (Å²) in [4.78, 5) is 6.57. The summed E-state index contributed by atoms with van der Waals surface area (Å²) in [5, 5.41) is 0. The summed E-state index contributed by atoms with van der Waals surface area (Å²) >= 11 is 5.51. The maximum atomic E-state index is 5.51. The predicted octanol–water partition coefficient (Wildman–Crippen LogP) is 2.88. The van der Waals surface area contributed by atoms with Crippen molar-refractivity contribution >= 4 is 25.7 Å². The Morgan fingerprint density at radius 1 is 1.43 bits per heavy atom. The fraction of sp³-hybridized carbons (Fsp3) is 0.300. The van der Waals surface area contributed by atoms with Gasteiger partial charge >= 0.3 is 0 Å². The van der Waals surface area contributed by atoms with Crippen molar-refractivity contribution in [3.05, 3.63) is 23.9 Å². The van der Waals surface area contributed by atoms with Gasteiger partial charge in [-0.25, -0.2) is 4.98 Å². The van der Waals surface area contributed by atoms with Gasteiger partial charge in [-0.2, -0.15) is 0 Å². The Bertz CT molecular complexity index is 374. The zero-order valence-electron chi connectivity index (χ0n) is 8.56. The zero-order chi connectivity index (χ0) is 10.6. The number of nitrogens with zero attached hydrogens (tertiary/aromatic N) is 1. The average molecular weight is 225 g/mol. The predicted molar refractivity (Wildman–Crippen MR) is 63.9 cm³/mol. The van der Waals surface area contributed by atoms with E-state index in [0.717, 1.165) is 5.56 Å². The van der Waals surface area contributed by atoms with E-state index in [2.05, 4.69) is 40.9 Å². The highest BCUT2D eigenvalue weighted by molar-refractivity contribution is 6.83. The monoisotopic (exact) mass is 224 g/mol. The third-order valence-corrected chi connectivity index (χ3v) is 2.52. The lowest BCUT2D eigenvalue weighted by molar-refractivity contribution is 1.32. The zero-order valence-corrected chi connectivity index (χ0v) is 10.3. The molecule has 0 aliphatic heterocycles.